The predicted octanol–water partition coefficient (Wildman–Crippen LogP) is 0.749. The molecular weight excluding hydrogens is 1510 g/mol. The standard InChI is InChI=1S/C49H68N6O15S.C10H16N2O7.C5H11O5P.3CO2/c50-36(46(65)54-39(28-44(62)63)41(58)27-34(30-71)47(66)67)29-52-45(64)33(24-31-14-7-5-8-15-31)26-40(57)38(25-32-16-9-6-10-17-32)53-42(59)19-12-4-2-1-3-11-18-35(56)21-22-37(48(68)69)55-49(70)51-23-13-20-43(60)61;13-7(14)2-1-5-11-10(19)12-6(9(17)18)3-4-8(15)16;6-5(7)3-1-2-4-11(8,9)10;3*2-1-3/h5-10,14-17,33-34,36-39,71H,1-4,11-13,18-30,50H2,(H,52,64)(H,53,59)(H,54,65)(H,60,61)(H,62,63)(H,66,67)(H,68,69)(H2,51,55,70);6H,1-5H2,(H,13,14)(H,15,16)(H,17,18)(H2,11,12,19);1-4H2,(H,6,7)(H2,8,9,10);;;/t33-,34+,36+,37?,38+,39+;;;;;/m1...../s1. The number of aliphatic carboxylic acids is 8. The molecule has 7 atom stereocenters. The number of carbonyl (C=O) groups excluding carboxylic acids is 14. The normalized spacial score (nSPS) is 12.0. The van der Waals surface area contributed by atoms with E-state index in [1.165, 1.54) is 0 Å². The van der Waals surface area contributed by atoms with Gasteiger partial charge in [0, 0.05) is 95.3 Å². The number of Topliss-reactive ketones (excluding diaryl/α,β-unsaturated/α-hetero) is 3. The minimum absolute atomic E-state index is 0.0278. The highest BCUT2D eigenvalue weighted by molar-refractivity contribution is 7.80. The summed E-state index contributed by atoms with van der Waals surface area (Å²) in [5.41, 5.74) is 7.54. The van der Waals surface area contributed by atoms with Crippen LogP contribution in [-0.4, -0.2) is 226 Å². The van der Waals surface area contributed by atoms with Gasteiger partial charge in [-0.15, -0.1) is 0 Å². The fourth-order valence-corrected chi connectivity index (χ4v) is 10.0. The van der Waals surface area contributed by atoms with Crippen molar-refractivity contribution in [2.45, 2.75) is 184 Å². The molecular formula is C67H95N8O33PS. The van der Waals surface area contributed by atoms with Crippen LogP contribution >= 0.6 is 20.2 Å². The van der Waals surface area contributed by atoms with Gasteiger partial charge < -0.3 is 93.6 Å². The third-order valence-electron chi connectivity index (χ3n) is 14.6. The molecule has 7 amide bonds. The van der Waals surface area contributed by atoms with Crippen LogP contribution in [0.5, 0.6) is 0 Å². The van der Waals surface area contributed by atoms with Crippen LogP contribution in [0.4, 0.5) is 9.59 Å². The lowest BCUT2D eigenvalue weighted by molar-refractivity contribution is -0.193. The van der Waals surface area contributed by atoms with Gasteiger partial charge in [0.05, 0.1) is 24.4 Å². The van der Waals surface area contributed by atoms with Crippen molar-refractivity contribution in [1.82, 2.24) is 37.2 Å². The van der Waals surface area contributed by atoms with Crippen LogP contribution in [0.15, 0.2) is 60.7 Å². The Kier molecular flexibility index (Phi) is 62.0. The maximum atomic E-state index is 14.1. The number of unbranched alkanes of at least 4 members (excludes halogenated alkanes) is 6. The van der Waals surface area contributed by atoms with Crippen LogP contribution in [0, 0.1) is 11.8 Å². The monoisotopic (exact) mass is 1600 g/mol. The average Bonchev–Trinajstić information content (AvgIpc) is 0.855. The number of hydrogen-bond donors (Lipinski definition) is 19. The Labute approximate surface area is 634 Å². The summed E-state index contributed by atoms with van der Waals surface area (Å²) in [6.07, 6.45) is 3.41. The molecule has 612 valence electrons. The van der Waals surface area contributed by atoms with Gasteiger partial charge in [-0.3, -0.25) is 62.1 Å². The van der Waals surface area contributed by atoms with E-state index in [9.17, 15) is 96.6 Å². The number of carboxylic acid groups (broad SMARTS) is 8. The average molecular weight is 1600 g/mol. The summed E-state index contributed by atoms with van der Waals surface area (Å²) in [5.74, 6) is -15.3. The lowest BCUT2D eigenvalue weighted by atomic mass is 9.89. The zero-order chi connectivity index (χ0) is 84.6. The van der Waals surface area contributed by atoms with Crippen LogP contribution in [-0.2, 0) is 113 Å². The molecule has 2 rings (SSSR count). The number of nitrogens with two attached hydrogens (primary N) is 1. The molecule has 0 spiro atoms. The zero-order valence-electron chi connectivity index (χ0n) is 59.7. The maximum absolute atomic E-state index is 14.1. The molecule has 0 aliphatic carbocycles. The highest BCUT2D eigenvalue weighted by Gasteiger charge is 2.32. The van der Waals surface area contributed by atoms with Crippen molar-refractivity contribution >= 4 is 134 Å². The predicted molar refractivity (Wildman–Crippen MR) is 376 cm³/mol. The minimum Gasteiger partial charge on any atom is -0.481 e. The molecule has 0 saturated heterocycles. The third kappa shape index (κ3) is 62.9. The van der Waals surface area contributed by atoms with E-state index in [1.54, 1.807) is 42.5 Å². The topological polar surface area (TPSA) is 705 Å². The van der Waals surface area contributed by atoms with E-state index in [-0.39, 0.29) is 151 Å². The van der Waals surface area contributed by atoms with E-state index < -0.39 is 152 Å². The molecule has 2 aromatic carbocycles. The number of amides is 7. The van der Waals surface area contributed by atoms with Gasteiger partial charge in [0.2, 0.25) is 17.7 Å². The van der Waals surface area contributed by atoms with Gasteiger partial charge in [-0.2, -0.15) is 41.4 Å². The number of rotatable bonds is 52. The summed E-state index contributed by atoms with van der Waals surface area (Å²) in [6, 6.07) is 9.68. The molecule has 110 heavy (non-hydrogen) atoms. The number of carbonyl (C=O) groups is 16. The van der Waals surface area contributed by atoms with E-state index in [0.29, 0.717) is 25.7 Å². The first-order valence-electron chi connectivity index (χ1n) is 33.6. The van der Waals surface area contributed by atoms with Crippen LogP contribution < -0.4 is 43.0 Å². The van der Waals surface area contributed by atoms with Crippen LogP contribution in [0.2, 0.25) is 0 Å². The van der Waals surface area contributed by atoms with E-state index >= 15 is 0 Å². The first-order chi connectivity index (χ1) is 51.8. The summed E-state index contributed by atoms with van der Waals surface area (Å²) in [5, 5.41) is 87.2. The second kappa shape index (κ2) is 64.9. The van der Waals surface area contributed by atoms with Crippen LogP contribution in [0.1, 0.15) is 152 Å². The second-order valence-electron chi connectivity index (χ2n) is 23.5. The van der Waals surface area contributed by atoms with E-state index in [1.807, 2.05) is 18.2 Å². The Morgan fingerprint density at radius 1 is 0.409 bits per heavy atom. The summed E-state index contributed by atoms with van der Waals surface area (Å²) in [4.78, 5) is 254. The zero-order valence-corrected chi connectivity index (χ0v) is 61.4. The van der Waals surface area contributed by atoms with Crippen molar-refractivity contribution in [3.8, 4) is 0 Å². The molecule has 19 N–H and O–H groups in total. The molecule has 0 aromatic heterocycles. The van der Waals surface area contributed by atoms with Crippen molar-refractivity contribution in [3.63, 3.8) is 0 Å². The Balaban J connectivity index is -0.00000117. The quantitative estimate of drug-likeness (QED) is 0.0247. The number of carboxylic acids is 8. The molecule has 2 unspecified atom stereocenters. The van der Waals surface area contributed by atoms with Gasteiger partial charge in [-0.1, -0.05) is 86.3 Å². The summed E-state index contributed by atoms with van der Waals surface area (Å²) < 4.78 is 10.2. The van der Waals surface area contributed by atoms with Crippen molar-refractivity contribution in [2.24, 2.45) is 17.6 Å². The van der Waals surface area contributed by atoms with Gasteiger partial charge >= 0.3 is 85.9 Å². The molecule has 0 radical (unpaired) electrons. The molecule has 0 aliphatic heterocycles. The Hall–Kier alpha value is -11.2. The number of thiol groups is 1. The Morgan fingerprint density at radius 3 is 1.23 bits per heavy atom. The van der Waals surface area contributed by atoms with Crippen molar-refractivity contribution in [3.05, 3.63) is 71.8 Å². The number of ketones is 3. The number of urea groups is 2. The lowest BCUT2D eigenvalue weighted by Gasteiger charge is -2.23. The molecule has 43 heteroatoms. The largest absolute Gasteiger partial charge is 0.481 e. The molecule has 41 nitrogen and oxygen atoms in total. The number of benzene rings is 2. The van der Waals surface area contributed by atoms with Crippen LogP contribution in [0.3, 0.4) is 0 Å². The highest BCUT2D eigenvalue weighted by atomic mass is 32.1. The van der Waals surface area contributed by atoms with Crippen LogP contribution in [0.25, 0.3) is 0 Å². The molecule has 0 heterocycles. The van der Waals surface area contributed by atoms with Gasteiger partial charge in [0.1, 0.15) is 23.9 Å². The first-order valence-corrected chi connectivity index (χ1v) is 36.0. The summed E-state index contributed by atoms with van der Waals surface area (Å²) in [6.45, 7) is -0.329. The van der Waals surface area contributed by atoms with Gasteiger partial charge in [-0.25, -0.2) is 19.2 Å². The lowest BCUT2D eigenvalue weighted by Crippen LogP contribution is -2.53. The molecule has 0 bridgehead atoms. The fourth-order valence-electron chi connectivity index (χ4n) is 9.09. The third-order valence-corrected chi connectivity index (χ3v) is 15.9. The van der Waals surface area contributed by atoms with Crippen molar-refractivity contribution in [1.29, 1.82) is 0 Å². The van der Waals surface area contributed by atoms with Crippen molar-refractivity contribution in [2.75, 3.05) is 31.5 Å². The molecule has 0 fully saturated rings. The summed E-state index contributed by atoms with van der Waals surface area (Å²) >= 11 is 3.92. The molecule has 0 saturated carbocycles. The molecule has 0 aliphatic rings. The van der Waals surface area contributed by atoms with Gasteiger partial charge in [-0.05, 0) is 75.3 Å². The summed E-state index contributed by atoms with van der Waals surface area (Å²) in [7, 11) is -3.92. The SMILES string of the molecule is N[C@@H](CNC(=O)[C@@H](CC(=O)[C@H](Cc1ccccc1)NC(=O)CCCCCCCCC(=O)CCC(NC(=O)NCCCC(=O)O)C(=O)O)Cc1ccccc1)C(=O)N[C@@H](CC(=O)O)C(=O)C[C@@H](CS)C(=O)O.O=C(O)CCCCP(=O)(O)O.O=C(O)CCCNC(=O)NC(CCC(=O)O)C(=O)O.O=C=O.O=C=O.O=C=O. The Morgan fingerprint density at radius 2 is 0.809 bits per heavy atom. The highest BCUT2D eigenvalue weighted by Crippen LogP contribution is 2.35. The van der Waals surface area contributed by atoms with Gasteiger partial charge in [0.25, 0.3) is 0 Å². The number of nitrogens with one attached hydrogen (secondary N) is 7. The smallest absolute Gasteiger partial charge is 0.373 e. The van der Waals surface area contributed by atoms with E-state index in [4.69, 9.17) is 69.8 Å². The fraction of sp³-hybridized carbons (Fsp3) is 0.537. The van der Waals surface area contributed by atoms with E-state index in [2.05, 4.69) is 49.8 Å². The van der Waals surface area contributed by atoms with E-state index in [0.717, 1.165) is 30.4 Å². The molecule has 2 aromatic rings. The van der Waals surface area contributed by atoms with Crippen molar-refractivity contribution < 1.29 is 161 Å². The first kappa shape index (κ1) is 105. The number of hydrogen-bond acceptors (Lipinski definition) is 25. The Bertz CT molecular complexity index is 3350. The minimum atomic E-state index is -3.92. The second-order valence-corrected chi connectivity index (χ2v) is 25.6. The van der Waals surface area contributed by atoms with Gasteiger partial charge in [0.15, 0.2) is 11.6 Å². The maximum Gasteiger partial charge on any atom is 0.373 e.